The number of hydrogen-bond donors (Lipinski definition) is 1. The van der Waals surface area contributed by atoms with Crippen LogP contribution in [-0.4, -0.2) is 5.11 Å². The summed E-state index contributed by atoms with van der Waals surface area (Å²) in [6, 6.07) is 13.3. The van der Waals surface area contributed by atoms with Gasteiger partial charge in [0.2, 0.25) is 0 Å². The molecule has 2 rings (SSSR count). The Morgan fingerprint density at radius 1 is 0.786 bits per heavy atom. The van der Waals surface area contributed by atoms with E-state index in [-0.39, 0.29) is 46.5 Å². The number of aromatic hydroxyl groups is 1. The Kier molecular flexibility index (Phi) is 8.27. The van der Waals surface area contributed by atoms with Gasteiger partial charge in [-0.25, -0.2) is 0 Å². The number of hydrogen-bond acceptors (Lipinski definition) is 1. The molecular formula is C10H10Cl2OTi. The maximum Gasteiger partial charge on any atom is 0.123 e. The minimum Gasteiger partial charge on any atom is -0.507 e. The predicted molar refractivity (Wildman–Crippen MR) is 60.1 cm³/mol. The zero-order valence-electron chi connectivity index (χ0n) is 7.31. The third-order valence-corrected chi connectivity index (χ3v) is 1.77. The van der Waals surface area contributed by atoms with Gasteiger partial charge in [-0.2, -0.15) is 0 Å². The smallest absolute Gasteiger partial charge is 0.123 e. The summed E-state index contributed by atoms with van der Waals surface area (Å²) in [4.78, 5) is 0. The van der Waals surface area contributed by atoms with Gasteiger partial charge in [0.05, 0.1) is 0 Å². The molecule has 4 heteroatoms. The van der Waals surface area contributed by atoms with Crippen molar-refractivity contribution in [3.8, 4) is 5.75 Å². The molecule has 0 fully saturated rings. The Bertz CT molecular complexity index is 387. The van der Waals surface area contributed by atoms with Gasteiger partial charge >= 0.3 is 0 Å². The fourth-order valence-electron chi connectivity index (χ4n) is 1.21. The van der Waals surface area contributed by atoms with Gasteiger partial charge in [0.1, 0.15) is 5.75 Å². The SMILES string of the molecule is Cl.Cl.Oc1cccc2ccccc12.[Ti]. The molecule has 2 aromatic carbocycles. The Labute approximate surface area is 110 Å². The van der Waals surface area contributed by atoms with Crippen LogP contribution in [0.3, 0.4) is 0 Å². The van der Waals surface area contributed by atoms with Crippen molar-refractivity contribution in [3.05, 3.63) is 42.5 Å². The molecular weight excluding hydrogens is 255 g/mol. The Balaban J connectivity index is 0. The van der Waals surface area contributed by atoms with Crippen molar-refractivity contribution in [1.29, 1.82) is 0 Å². The number of fused-ring (bicyclic) bond motifs is 1. The Morgan fingerprint density at radius 2 is 1.36 bits per heavy atom. The van der Waals surface area contributed by atoms with E-state index in [1.165, 1.54) is 0 Å². The summed E-state index contributed by atoms with van der Waals surface area (Å²) in [5, 5.41) is 11.4. The van der Waals surface area contributed by atoms with E-state index in [0.717, 1.165) is 10.8 Å². The van der Waals surface area contributed by atoms with Crippen LogP contribution in [0.25, 0.3) is 10.8 Å². The van der Waals surface area contributed by atoms with E-state index in [9.17, 15) is 5.11 Å². The maximum absolute atomic E-state index is 9.37. The molecule has 0 aliphatic rings. The molecule has 1 nitrogen and oxygen atoms in total. The van der Waals surface area contributed by atoms with Gasteiger partial charge in [-0.1, -0.05) is 36.4 Å². The van der Waals surface area contributed by atoms with Gasteiger partial charge in [-0.05, 0) is 11.5 Å². The summed E-state index contributed by atoms with van der Waals surface area (Å²) in [6.07, 6.45) is 0. The van der Waals surface area contributed by atoms with Crippen LogP contribution < -0.4 is 0 Å². The van der Waals surface area contributed by atoms with Crippen LogP contribution in [-0.2, 0) is 21.7 Å². The van der Waals surface area contributed by atoms with Crippen molar-refractivity contribution in [2.45, 2.75) is 0 Å². The topological polar surface area (TPSA) is 20.2 Å². The molecule has 0 radical (unpaired) electrons. The molecule has 14 heavy (non-hydrogen) atoms. The van der Waals surface area contributed by atoms with Gasteiger partial charge in [-0.15, -0.1) is 24.8 Å². The summed E-state index contributed by atoms with van der Waals surface area (Å²) in [5.41, 5.74) is 0. The molecule has 0 aromatic heterocycles. The molecule has 0 unspecified atom stereocenters. The zero-order chi connectivity index (χ0) is 7.68. The molecule has 74 valence electrons. The summed E-state index contributed by atoms with van der Waals surface area (Å²) >= 11 is 0. The van der Waals surface area contributed by atoms with Crippen molar-refractivity contribution >= 4 is 35.6 Å². The summed E-state index contributed by atoms with van der Waals surface area (Å²) in [7, 11) is 0. The first-order valence-corrected chi connectivity index (χ1v) is 3.54. The van der Waals surface area contributed by atoms with E-state index in [2.05, 4.69) is 0 Å². The van der Waals surface area contributed by atoms with Crippen molar-refractivity contribution in [2.24, 2.45) is 0 Å². The fraction of sp³-hybridized carbons (Fsp3) is 0. The Morgan fingerprint density at radius 3 is 2.00 bits per heavy atom. The quantitative estimate of drug-likeness (QED) is 0.724. The molecule has 0 aliphatic carbocycles. The van der Waals surface area contributed by atoms with Crippen LogP contribution in [0, 0.1) is 0 Å². The van der Waals surface area contributed by atoms with Gasteiger partial charge in [0.25, 0.3) is 0 Å². The van der Waals surface area contributed by atoms with E-state index in [4.69, 9.17) is 0 Å². The van der Waals surface area contributed by atoms with Crippen molar-refractivity contribution in [3.63, 3.8) is 0 Å². The summed E-state index contributed by atoms with van der Waals surface area (Å²) in [6.45, 7) is 0. The van der Waals surface area contributed by atoms with Crippen LogP contribution in [0.5, 0.6) is 5.75 Å². The fourth-order valence-corrected chi connectivity index (χ4v) is 1.21. The largest absolute Gasteiger partial charge is 0.507 e. The van der Waals surface area contributed by atoms with Crippen LogP contribution in [0.1, 0.15) is 0 Å². The first kappa shape index (κ1) is 16.2. The van der Waals surface area contributed by atoms with Crippen LogP contribution in [0.4, 0.5) is 0 Å². The number of phenolic OH excluding ortho intramolecular Hbond substituents is 1. The Hall–Kier alpha value is -0.206. The summed E-state index contributed by atoms with van der Waals surface area (Å²) < 4.78 is 0. The first-order valence-electron chi connectivity index (χ1n) is 3.54. The molecule has 0 amide bonds. The number of phenols is 1. The normalized spacial score (nSPS) is 8.00. The second kappa shape index (κ2) is 7.13. The average Bonchev–Trinajstić information content (AvgIpc) is 2.06. The molecule has 0 aliphatic heterocycles. The van der Waals surface area contributed by atoms with Gasteiger partial charge in [-0.3, -0.25) is 0 Å². The second-order valence-corrected chi connectivity index (χ2v) is 2.50. The van der Waals surface area contributed by atoms with Crippen molar-refractivity contribution in [1.82, 2.24) is 0 Å². The van der Waals surface area contributed by atoms with Crippen molar-refractivity contribution < 1.29 is 26.8 Å². The molecule has 0 atom stereocenters. The minimum atomic E-state index is 0. The van der Waals surface area contributed by atoms with Gasteiger partial charge in [0.15, 0.2) is 0 Å². The third-order valence-electron chi connectivity index (χ3n) is 1.77. The van der Waals surface area contributed by atoms with E-state index < -0.39 is 0 Å². The molecule has 0 heterocycles. The molecule has 2 aromatic rings. The zero-order valence-corrected chi connectivity index (χ0v) is 10.5. The van der Waals surface area contributed by atoms with E-state index in [1.807, 2.05) is 36.4 Å². The van der Waals surface area contributed by atoms with E-state index >= 15 is 0 Å². The van der Waals surface area contributed by atoms with Crippen molar-refractivity contribution in [2.75, 3.05) is 0 Å². The van der Waals surface area contributed by atoms with E-state index in [1.54, 1.807) is 6.07 Å². The third kappa shape index (κ3) is 3.18. The van der Waals surface area contributed by atoms with Gasteiger partial charge < -0.3 is 5.11 Å². The monoisotopic (exact) mass is 264 g/mol. The van der Waals surface area contributed by atoms with Crippen LogP contribution in [0.15, 0.2) is 42.5 Å². The average molecular weight is 265 g/mol. The number of halogens is 2. The molecule has 0 saturated heterocycles. The second-order valence-electron chi connectivity index (χ2n) is 2.50. The maximum atomic E-state index is 9.37. The number of rotatable bonds is 0. The minimum absolute atomic E-state index is 0. The first-order chi connectivity index (χ1) is 5.38. The van der Waals surface area contributed by atoms with E-state index in [0.29, 0.717) is 5.75 Å². The number of benzene rings is 2. The van der Waals surface area contributed by atoms with Crippen LogP contribution >= 0.6 is 24.8 Å². The van der Waals surface area contributed by atoms with Gasteiger partial charge in [0, 0.05) is 27.1 Å². The molecule has 0 spiro atoms. The summed E-state index contributed by atoms with van der Waals surface area (Å²) in [5.74, 6) is 0.350. The molecule has 1 N–H and O–H groups in total. The molecule has 0 saturated carbocycles. The predicted octanol–water partition coefficient (Wildman–Crippen LogP) is 3.39. The standard InChI is InChI=1S/C10H8O.2ClH.Ti/c11-10-7-3-5-8-4-1-2-6-9(8)10;;;/h1-7,11H;2*1H;. The van der Waals surface area contributed by atoms with Crippen LogP contribution in [0.2, 0.25) is 0 Å². The molecule has 0 bridgehead atoms.